The van der Waals surface area contributed by atoms with Crippen molar-refractivity contribution in [3.63, 3.8) is 0 Å². The largest absolute Gasteiger partial charge is 0.330 e. The van der Waals surface area contributed by atoms with E-state index in [2.05, 4.69) is 16.8 Å². The Hall–Kier alpha value is -0.950. The Balaban J connectivity index is 0.00000161. The van der Waals surface area contributed by atoms with Gasteiger partial charge in [-0.05, 0) is 31.8 Å². The van der Waals surface area contributed by atoms with E-state index in [1.807, 2.05) is 12.3 Å². The van der Waals surface area contributed by atoms with Gasteiger partial charge in [-0.15, -0.1) is 23.7 Å². The van der Waals surface area contributed by atoms with Gasteiger partial charge in [0.25, 0.3) is 5.56 Å². The van der Waals surface area contributed by atoms with Crippen LogP contribution in [0.3, 0.4) is 0 Å². The number of fused-ring (bicyclic) bond motifs is 1. The predicted molar refractivity (Wildman–Crippen MR) is 88.4 cm³/mol. The molecule has 1 unspecified atom stereocenters. The molecule has 2 aromatic rings. The van der Waals surface area contributed by atoms with Crippen LogP contribution >= 0.6 is 23.7 Å². The Morgan fingerprint density at radius 3 is 2.95 bits per heavy atom. The second kappa shape index (κ2) is 6.04. The number of nitrogens with two attached hydrogens (primary N) is 1. The zero-order valence-corrected chi connectivity index (χ0v) is 14.0. The van der Waals surface area contributed by atoms with Crippen LogP contribution in [0.5, 0.6) is 0 Å². The number of hydrogen-bond acceptors (Lipinski definition) is 5. The molecule has 0 amide bonds. The highest BCUT2D eigenvalue weighted by molar-refractivity contribution is 7.15. The highest BCUT2D eigenvalue weighted by Gasteiger charge is 2.32. The van der Waals surface area contributed by atoms with Gasteiger partial charge in [0.1, 0.15) is 0 Å². The monoisotopic (exact) mass is 328 g/mol. The molecule has 21 heavy (non-hydrogen) atoms. The average Bonchev–Trinajstić information content (AvgIpc) is 2.95. The molecule has 0 aromatic carbocycles. The van der Waals surface area contributed by atoms with Gasteiger partial charge in [0, 0.05) is 30.2 Å². The van der Waals surface area contributed by atoms with E-state index in [1.165, 1.54) is 11.3 Å². The smallest absolute Gasteiger partial charge is 0.259 e. The van der Waals surface area contributed by atoms with E-state index >= 15 is 0 Å². The number of nitrogens with zero attached hydrogens (tertiary/aromatic N) is 3. The lowest BCUT2D eigenvalue weighted by molar-refractivity contribution is 0.272. The summed E-state index contributed by atoms with van der Waals surface area (Å²) in [5, 5.41) is 1.97. The molecule has 3 heterocycles. The molecule has 0 radical (unpaired) electrons. The highest BCUT2D eigenvalue weighted by atomic mass is 35.5. The molecule has 1 saturated heterocycles. The summed E-state index contributed by atoms with van der Waals surface area (Å²) in [5.74, 6) is 0. The molecule has 7 heteroatoms. The fraction of sp³-hybridized carbons (Fsp3) is 0.571. The molecule has 1 fully saturated rings. The highest BCUT2D eigenvalue weighted by Crippen LogP contribution is 2.29. The average molecular weight is 329 g/mol. The molecule has 0 spiro atoms. The fourth-order valence-electron chi connectivity index (χ4n) is 2.84. The van der Waals surface area contributed by atoms with Crippen LogP contribution in [0.1, 0.15) is 24.7 Å². The van der Waals surface area contributed by atoms with Crippen LogP contribution < -0.4 is 11.3 Å². The molecule has 0 saturated carbocycles. The summed E-state index contributed by atoms with van der Waals surface area (Å²) in [5.41, 5.74) is 7.87. The lowest BCUT2D eigenvalue weighted by Crippen LogP contribution is -2.31. The van der Waals surface area contributed by atoms with Crippen molar-refractivity contribution in [3.8, 4) is 0 Å². The predicted octanol–water partition coefficient (Wildman–Crippen LogP) is 1.66. The summed E-state index contributed by atoms with van der Waals surface area (Å²) >= 11 is 1.52. The molecule has 1 aliphatic rings. The van der Waals surface area contributed by atoms with Gasteiger partial charge >= 0.3 is 0 Å². The van der Waals surface area contributed by atoms with Crippen molar-refractivity contribution in [1.82, 2.24) is 14.3 Å². The molecule has 0 bridgehead atoms. The first-order chi connectivity index (χ1) is 9.50. The Kier molecular flexibility index (Phi) is 4.72. The van der Waals surface area contributed by atoms with Gasteiger partial charge in [-0.3, -0.25) is 14.1 Å². The van der Waals surface area contributed by atoms with E-state index in [9.17, 15) is 4.79 Å². The van der Waals surface area contributed by atoms with Gasteiger partial charge in [0.2, 0.25) is 0 Å². The van der Waals surface area contributed by atoms with Gasteiger partial charge in [-0.2, -0.15) is 0 Å². The number of hydrogen-bond donors (Lipinski definition) is 1. The van der Waals surface area contributed by atoms with Crippen LogP contribution in [0.4, 0.5) is 0 Å². The number of halogens is 1. The lowest BCUT2D eigenvalue weighted by Gasteiger charge is -2.22. The zero-order valence-electron chi connectivity index (χ0n) is 12.3. The van der Waals surface area contributed by atoms with Crippen molar-refractivity contribution in [2.45, 2.75) is 26.8 Å². The van der Waals surface area contributed by atoms with Gasteiger partial charge in [-0.25, -0.2) is 4.98 Å². The van der Waals surface area contributed by atoms with E-state index in [0.29, 0.717) is 6.54 Å². The van der Waals surface area contributed by atoms with Crippen LogP contribution in [0, 0.1) is 12.3 Å². The van der Waals surface area contributed by atoms with Crippen molar-refractivity contribution < 1.29 is 0 Å². The molecule has 1 atom stereocenters. The summed E-state index contributed by atoms with van der Waals surface area (Å²) in [7, 11) is 0. The first-order valence-corrected chi connectivity index (χ1v) is 7.78. The molecule has 2 N–H and O–H groups in total. The van der Waals surface area contributed by atoms with Crippen molar-refractivity contribution in [2.75, 3.05) is 19.6 Å². The third-order valence-corrected chi connectivity index (χ3v) is 5.09. The maximum absolute atomic E-state index is 12.1. The molecule has 5 nitrogen and oxygen atoms in total. The first kappa shape index (κ1) is 16.4. The Bertz CT molecular complexity index is 698. The Morgan fingerprint density at radius 1 is 1.52 bits per heavy atom. The number of rotatable bonds is 3. The third kappa shape index (κ3) is 3.13. The molecular weight excluding hydrogens is 308 g/mol. The van der Waals surface area contributed by atoms with E-state index in [-0.39, 0.29) is 23.4 Å². The number of likely N-dealkylation sites (tertiary alicyclic amines) is 1. The maximum Gasteiger partial charge on any atom is 0.259 e. The molecule has 2 aromatic heterocycles. The normalized spacial score (nSPS) is 22.6. The van der Waals surface area contributed by atoms with Gasteiger partial charge in [0.05, 0.1) is 5.69 Å². The van der Waals surface area contributed by atoms with Gasteiger partial charge in [0.15, 0.2) is 4.96 Å². The topological polar surface area (TPSA) is 63.6 Å². The molecule has 0 aliphatic carbocycles. The van der Waals surface area contributed by atoms with Crippen LogP contribution in [0.25, 0.3) is 4.96 Å². The SMILES string of the molecule is Cc1csc2nc(CN3CCC(C)(CN)C3)cc(=O)n12.Cl. The first-order valence-electron chi connectivity index (χ1n) is 6.90. The number of aromatic nitrogens is 2. The van der Waals surface area contributed by atoms with Crippen LogP contribution in [0.2, 0.25) is 0 Å². The lowest BCUT2D eigenvalue weighted by atomic mass is 9.90. The second-order valence-corrected chi connectivity index (χ2v) is 6.89. The van der Waals surface area contributed by atoms with Crippen LogP contribution in [-0.4, -0.2) is 33.9 Å². The summed E-state index contributed by atoms with van der Waals surface area (Å²) in [4.78, 5) is 19.9. The minimum atomic E-state index is 0. The van der Waals surface area contributed by atoms with Gasteiger partial charge in [-0.1, -0.05) is 6.92 Å². The van der Waals surface area contributed by atoms with E-state index in [1.54, 1.807) is 10.5 Å². The molecule has 3 rings (SSSR count). The van der Waals surface area contributed by atoms with Crippen molar-refractivity contribution in [1.29, 1.82) is 0 Å². The standard InChI is InChI=1S/C14H20N4OS.ClH/c1-10-7-20-13-16-11(5-12(19)18(10)13)6-17-4-3-14(2,8-15)9-17;/h5,7H,3-4,6,8-9,15H2,1-2H3;1H. The third-order valence-electron chi connectivity index (χ3n) is 4.14. The van der Waals surface area contributed by atoms with Crippen LogP contribution in [0.15, 0.2) is 16.2 Å². The number of thiazole rings is 1. The minimum Gasteiger partial charge on any atom is -0.330 e. The summed E-state index contributed by atoms with van der Waals surface area (Å²) < 4.78 is 1.67. The van der Waals surface area contributed by atoms with E-state index < -0.39 is 0 Å². The van der Waals surface area contributed by atoms with Crippen molar-refractivity contribution in [2.24, 2.45) is 11.1 Å². The summed E-state index contributed by atoms with van der Waals surface area (Å²) in [6.07, 6.45) is 1.11. The van der Waals surface area contributed by atoms with E-state index in [0.717, 1.165) is 42.4 Å². The van der Waals surface area contributed by atoms with Crippen LogP contribution in [-0.2, 0) is 6.54 Å². The Labute approximate surface area is 134 Å². The molecular formula is C14H21ClN4OS. The number of aryl methyl sites for hydroxylation is 1. The maximum atomic E-state index is 12.1. The van der Waals surface area contributed by atoms with E-state index in [4.69, 9.17) is 5.73 Å². The second-order valence-electron chi connectivity index (χ2n) is 6.06. The van der Waals surface area contributed by atoms with Crippen molar-refractivity contribution in [3.05, 3.63) is 33.2 Å². The minimum absolute atomic E-state index is 0. The van der Waals surface area contributed by atoms with Gasteiger partial charge < -0.3 is 5.73 Å². The molecule has 116 valence electrons. The quantitative estimate of drug-likeness (QED) is 0.930. The zero-order chi connectivity index (χ0) is 14.3. The summed E-state index contributed by atoms with van der Waals surface area (Å²) in [6.45, 7) is 7.60. The Morgan fingerprint density at radius 2 is 2.29 bits per heavy atom. The van der Waals surface area contributed by atoms with Crippen molar-refractivity contribution >= 4 is 28.7 Å². The molecule has 1 aliphatic heterocycles. The fourth-order valence-corrected chi connectivity index (χ4v) is 3.73. The summed E-state index contributed by atoms with van der Waals surface area (Å²) in [6, 6.07) is 1.66.